The Bertz CT molecular complexity index is 816. The molecule has 1 saturated heterocycles. The Balaban J connectivity index is 1.50. The number of carboxylic acids is 1. The Morgan fingerprint density at radius 2 is 2.04 bits per heavy atom. The van der Waals surface area contributed by atoms with Gasteiger partial charge in [0.2, 0.25) is 0 Å². The van der Waals surface area contributed by atoms with E-state index in [0.717, 1.165) is 69.5 Å². The second-order valence-corrected chi connectivity index (χ2v) is 7.79. The van der Waals surface area contributed by atoms with Gasteiger partial charge in [-0.2, -0.15) is 5.10 Å². The minimum atomic E-state index is -0.706. The second kappa shape index (κ2) is 7.80. The van der Waals surface area contributed by atoms with Gasteiger partial charge in [-0.25, -0.2) is 9.07 Å². The van der Waals surface area contributed by atoms with Gasteiger partial charge in [0.25, 0.3) is 0 Å². The third-order valence-electron chi connectivity index (χ3n) is 5.83. The molecule has 1 N–H and O–H groups in total. The number of nitrogens with zero attached hydrogens (tertiary/aromatic N) is 3. The summed E-state index contributed by atoms with van der Waals surface area (Å²) in [6.07, 6.45) is 6.46. The first-order valence-electron chi connectivity index (χ1n) is 9.90. The van der Waals surface area contributed by atoms with Crippen LogP contribution in [0, 0.1) is 11.7 Å². The van der Waals surface area contributed by atoms with E-state index in [-0.39, 0.29) is 12.2 Å². The highest BCUT2D eigenvalue weighted by Crippen LogP contribution is 2.30. The highest BCUT2D eigenvalue weighted by atomic mass is 19.1. The van der Waals surface area contributed by atoms with Crippen LogP contribution >= 0.6 is 0 Å². The minimum absolute atomic E-state index is 0.233. The van der Waals surface area contributed by atoms with E-state index in [9.17, 15) is 9.18 Å². The smallest absolute Gasteiger partial charge is 0.303 e. The molecule has 1 fully saturated rings. The van der Waals surface area contributed by atoms with Crippen molar-refractivity contribution in [3.8, 4) is 5.69 Å². The average molecular weight is 371 g/mol. The van der Waals surface area contributed by atoms with Gasteiger partial charge in [0.05, 0.1) is 11.4 Å². The van der Waals surface area contributed by atoms with Crippen LogP contribution in [0.2, 0.25) is 0 Å². The van der Waals surface area contributed by atoms with Crippen LogP contribution in [0.1, 0.15) is 49.1 Å². The van der Waals surface area contributed by atoms with E-state index >= 15 is 0 Å². The number of fused-ring (bicyclic) bond motifs is 1. The Morgan fingerprint density at radius 1 is 1.22 bits per heavy atom. The molecular formula is C21H26FN3O2. The average Bonchev–Trinajstić information content (AvgIpc) is 3.25. The number of piperidine rings is 1. The third kappa shape index (κ3) is 4.05. The molecule has 2 aliphatic rings. The molecule has 1 aromatic carbocycles. The first-order chi connectivity index (χ1) is 13.1. The molecule has 1 unspecified atom stereocenters. The maximum atomic E-state index is 13.3. The molecule has 27 heavy (non-hydrogen) atoms. The van der Waals surface area contributed by atoms with Crippen molar-refractivity contribution in [2.75, 3.05) is 13.1 Å². The quantitative estimate of drug-likeness (QED) is 0.843. The fourth-order valence-electron chi connectivity index (χ4n) is 4.51. The number of aliphatic carboxylic acids is 1. The summed E-state index contributed by atoms with van der Waals surface area (Å²) in [6, 6.07) is 6.53. The van der Waals surface area contributed by atoms with E-state index in [4.69, 9.17) is 10.2 Å². The highest BCUT2D eigenvalue weighted by molar-refractivity contribution is 5.66. The Kier molecular flexibility index (Phi) is 5.25. The van der Waals surface area contributed by atoms with Gasteiger partial charge in [-0.3, -0.25) is 9.69 Å². The van der Waals surface area contributed by atoms with Gasteiger partial charge in [-0.1, -0.05) is 0 Å². The van der Waals surface area contributed by atoms with Crippen LogP contribution in [0.15, 0.2) is 24.3 Å². The highest BCUT2D eigenvalue weighted by Gasteiger charge is 2.26. The van der Waals surface area contributed by atoms with Crippen LogP contribution in [0.25, 0.3) is 5.69 Å². The van der Waals surface area contributed by atoms with Crippen LogP contribution in [0.3, 0.4) is 0 Å². The largest absolute Gasteiger partial charge is 0.481 e. The Labute approximate surface area is 158 Å². The van der Waals surface area contributed by atoms with Crippen LogP contribution in [0.4, 0.5) is 4.39 Å². The molecule has 2 aromatic rings. The number of rotatable bonds is 6. The van der Waals surface area contributed by atoms with Crippen molar-refractivity contribution in [3.63, 3.8) is 0 Å². The zero-order chi connectivity index (χ0) is 18.8. The summed E-state index contributed by atoms with van der Waals surface area (Å²) in [5.41, 5.74) is 4.66. The van der Waals surface area contributed by atoms with E-state index in [0.29, 0.717) is 5.92 Å². The number of carbonyl (C=O) groups is 1. The number of aromatic nitrogens is 2. The number of hydrogen-bond acceptors (Lipinski definition) is 3. The summed E-state index contributed by atoms with van der Waals surface area (Å²) in [4.78, 5) is 13.3. The summed E-state index contributed by atoms with van der Waals surface area (Å²) in [7, 11) is 0. The van der Waals surface area contributed by atoms with Crippen LogP contribution < -0.4 is 0 Å². The monoisotopic (exact) mass is 371 g/mol. The maximum absolute atomic E-state index is 13.3. The zero-order valence-corrected chi connectivity index (χ0v) is 15.5. The maximum Gasteiger partial charge on any atom is 0.303 e. The van der Waals surface area contributed by atoms with Crippen molar-refractivity contribution in [2.45, 2.75) is 51.5 Å². The van der Waals surface area contributed by atoms with Crippen molar-refractivity contribution >= 4 is 5.97 Å². The lowest BCUT2D eigenvalue weighted by atomic mass is 9.93. The van der Waals surface area contributed by atoms with Gasteiger partial charge in [0, 0.05) is 25.2 Å². The van der Waals surface area contributed by atoms with Gasteiger partial charge in [0.1, 0.15) is 5.82 Å². The predicted octanol–water partition coefficient (Wildman–Crippen LogP) is 3.58. The molecule has 2 heterocycles. The molecule has 0 amide bonds. The summed E-state index contributed by atoms with van der Waals surface area (Å²) >= 11 is 0. The minimum Gasteiger partial charge on any atom is -0.481 e. The molecule has 0 saturated carbocycles. The molecule has 1 aliphatic heterocycles. The summed E-state index contributed by atoms with van der Waals surface area (Å²) < 4.78 is 15.3. The number of halogens is 1. The molecule has 0 spiro atoms. The first kappa shape index (κ1) is 18.2. The summed E-state index contributed by atoms with van der Waals surface area (Å²) in [5, 5.41) is 13.8. The first-order valence-corrected chi connectivity index (χ1v) is 9.90. The van der Waals surface area contributed by atoms with Gasteiger partial charge >= 0.3 is 5.97 Å². The number of benzene rings is 1. The van der Waals surface area contributed by atoms with Gasteiger partial charge < -0.3 is 5.11 Å². The SMILES string of the molecule is O=C(O)CCC1CCCN(Cc2nn(-c3ccc(F)cc3)c3c2CCC3)C1. The van der Waals surface area contributed by atoms with Gasteiger partial charge in [-0.15, -0.1) is 0 Å². The van der Waals surface area contributed by atoms with Crippen LogP contribution in [-0.4, -0.2) is 38.8 Å². The molecule has 4 rings (SSSR count). The lowest BCUT2D eigenvalue weighted by Gasteiger charge is -2.32. The fourth-order valence-corrected chi connectivity index (χ4v) is 4.51. The number of hydrogen-bond donors (Lipinski definition) is 1. The fraction of sp³-hybridized carbons (Fsp3) is 0.524. The summed E-state index contributed by atoms with van der Waals surface area (Å²) in [6.45, 7) is 2.81. The van der Waals surface area contributed by atoms with Gasteiger partial charge in [0.15, 0.2) is 0 Å². The second-order valence-electron chi connectivity index (χ2n) is 7.79. The van der Waals surface area contributed by atoms with Crippen molar-refractivity contribution < 1.29 is 14.3 Å². The van der Waals surface area contributed by atoms with Crippen molar-refractivity contribution in [1.82, 2.24) is 14.7 Å². The zero-order valence-electron chi connectivity index (χ0n) is 15.5. The normalized spacial score (nSPS) is 20.0. The van der Waals surface area contributed by atoms with E-state index in [2.05, 4.69) is 4.90 Å². The molecule has 6 heteroatoms. The predicted molar refractivity (Wildman–Crippen MR) is 100 cm³/mol. The Morgan fingerprint density at radius 3 is 2.81 bits per heavy atom. The number of likely N-dealkylation sites (tertiary alicyclic amines) is 1. The van der Waals surface area contributed by atoms with Crippen molar-refractivity contribution in [2.24, 2.45) is 5.92 Å². The molecule has 144 valence electrons. The lowest BCUT2D eigenvalue weighted by molar-refractivity contribution is -0.137. The third-order valence-corrected chi connectivity index (χ3v) is 5.83. The standard InChI is InChI=1S/C21H26FN3O2/c22-16-7-9-17(10-8-16)25-20-5-1-4-18(20)19(23-25)14-24-12-2-3-15(13-24)6-11-21(26)27/h7-10,15H,1-6,11-14H2,(H,26,27). The lowest BCUT2D eigenvalue weighted by Crippen LogP contribution is -2.35. The molecule has 0 bridgehead atoms. The summed E-state index contributed by atoms with van der Waals surface area (Å²) in [5.74, 6) is -0.478. The van der Waals surface area contributed by atoms with Gasteiger partial charge in [-0.05, 0) is 80.8 Å². The van der Waals surface area contributed by atoms with E-state index in [1.54, 1.807) is 12.1 Å². The molecule has 1 aromatic heterocycles. The van der Waals surface area contributed by atoms with E-state index in [1.165, 1.54) is 23.4 Å². The molecule has 5 nitrogen and oxygen atoms in total. The molecular weight excluding hydrogens is 345 g/mol. The van der Waals surface area contributed by atoms with E-state index < -0.39 is 5.97 Å². The Hall–Kier alpha value is -2.21. The molecule has 1 atom stereocenters. The van der Waals surface area contributed by atoms with Crippen LogP contribution in [0.5, 0.6) is 0 Å². The molecule has 1 aliphatic carbocycles. The van der Waals surface area contributed by atoms with E-state index in [1.807, 2.05) is 4.68 Å². The number of carboxylic acid groups (broad SMARTS) is 1. The molecule has 0 radical (unpaired) electrons. The van der Waals surface area contributed by atoms with Crippen molar-refractivity contribution in [3.05, 3.63) is 47.0 Å². The van der Waals surface area contributed by atoms with Crippen LogP contribution in [-0.2, 0) is 24.2 Å². The topological polar surface area (TPSA) is 58.4 Å². The van der Waals surface area contributed by atoms with Crippen molar-refractivity contribution in [1.29, 1.82) is 0 Å².